The van der Waals surface area contributed by atoms with Crippen LogP contribution in [-0.4, -0.2) is 29.9 Å². The highest BCUT2D eigenvalue weighted by atomic mass is 32.2. The van der Waals surface area contributed by atoms with Crippen LogP contribution in [0, 0.1) is 13.8 Å². The molecule has 0 bridgehead atoms. The summed E-state index contributed by atoms with van der Waals surface area (Å²) in [4.78, 5) is 27.4. The van der Waals surface area contributed by atoms with Crippen LogP contribution >= 0.6 is 23.5 Å². The number of carbonyl (C=O) groups excluding carboxylic acids is 2. The molecule has 1 aromatic heterocycles. The monoisotopic (exact) mass is 454 g/mol. The molecule has 2 aromatic carbocycles. The van der Waals surface area contributed by atoms with Crippen molar-refractivity contribution in [2.45, 2.75) is 36.1 Å². The van der Waals surface area contributed by atoms with Crippen LogP contribution in [0.15, 0.2) is 75.1 Å². The minimum Gasteiger partial charge on any atom is -0.459 e. The molecular formula is C24H26N2O3S2. The van der Waals surface area contributed by atoms with E-state index < -0.39 is 11.9 Å². The molecule has 0 saturated carbocycles. The van der Waals surface area contributed by atoms with Gasteiger partial charge in [0.25, 0.3) is 5.91 Å². The second-order valence-electron chi connectivity index (χ2n) is 7.17. The van der Waals surface area contributed by atoms with Gasteiger partial charge in [-0.05, 0) is 85.9 Å². The lowest BCUT2D eigenvalue weighted by Crippen LogP contribution is -2.44. The number of carbonyl (C=O) groups is 2. The lowest BCUT2D eigenvalue weighted by Gasteiger charge is -2.17. The Hall–Kier alpha value is -2.64. The first-order valence-corrected chi connectivity index (χ1v) is 12.2. The second-order valence-corrected chi connectivity index (χ2v) is 9.27. The highest BCUT2D eigenvalue weighted by Crippen LogP contribution is 2.31. The number of rotatable bonds is 9. The molecule has 3 rings (SSSR count). The summed E-state index contributed by atoms with van der Waals surface area (Å²) in [6.45, 7) is 4.18. The Morgan fingerprint density at radius 1 is 1.06 bits per heavy atom. The van der Waals surface area contributed by atoms with Gasteiger partial charge in [0.1, 0.15) is 6.04 Å². The number of hydrogen-bond acceptors (Lipinski definition) is 5. The maximum absolute atomic E-state index is 12.8. The molecule has 0 saturated heterocycles. The van der Waals surface area contributed by atoms with Crippen LogP contribution in [0.5, 0.6) is 0 Å². The molecular weight excluding hydrogens is 428 g/mol. The van der Waals surface area contributed by atoms with Gasteiger partial charge in [-0.3, -0.25) is 9.59 Å². The average Bonchev–Trinajstić information content (AvgIpc) is 3.30. The normalized spacial score (nSPS) is 11.7. The molecule has 7 heteroatoms. The lowest BCUT2D eigenvalue weighted by molar-refractivity contribution is -0.118. The van der Waals surface area contributed by atoms with Gasteiger partial charge in [-0.25, -0.2) is 0 Å². The lowest BCUT2D eigenvalue weighted by atomic mass is 10.2. The molecule has 0 fully saturated rings. The Balaban J connectivity index is 1.64. The zero-order valence-electron chi connectivity index (χ0n) is 17.8. The van der Waals surface area contributed by atoms with Crippen LogP contribution in [0.2, 0.25) is 0 Å². The Morgan fingerprint density at radius 3 is 2.52 bits per heavy atom. The van der Waals surface area contributed by atoms with Crippen LogP contribution < -0.4 is 10.6 Å². The van der Waals surface area contributed by atoms with E-state index in [4.69, 9.17) is 4.42 Å². The van der Waals surface area contributed by atoms with E-state index in [9.17, 15) is 9.59 Å². The molecule has 0 aliphatic carbocycles. The van der Waals surface area contributed by atoms with E-state index in [2.05, 4.69) is 42.7 Å². The molecule has 31 heavy (non-hydrogen) atoms. The summed E-state index contributed by atoms with van der Waals surface area (Å²) >= 11 is 3.32. The SMILES string of the molecule is CSCCC(NC(=O)c1ccco1)C(=O)Nc1ccc(Sc2cc(C)ccc2C)cc1. The largest absolute Gasteiger partial charge is 0.459 e. The quantitative estimate of drug-likeness (QED) is 0.444. The van der Waals surface area contributed by atoms with Gasteiger partial charge in [0, 0.05) is 15.5 Å². The van der Waals surface area contributed by atoms with Crippen LogP contribution in [0.25, 0.3) is 0 Å². The molecule has 1 unspecified atom stereocenters. The fourth-order valence-electron chi connectivity index (χ4n) is 2.92. The van der Waals surface area contributed by atoms with E-state index in [0.717, 1.165) is 10.6 Å². The average molecular weight is 455 g/mol. The maximum Gasteiger partial charge on any atom is 0.287 e. The summed E-state index contributed by atoms with van der Waals surface area (Å²) < 4.78 is 5.13. The van der Waals surface area contributed by atoms with Crippen molar-refractivity contribution in [3.63, 3.8) is 0 Å². The third kappa shape index (κ3) is 6.67. The zero-order chi connectivity index (χ0) is 22.2. The van der Waals surface area contributed by atoms with Crippen molar-refractivity contribution in [2.75, 3.05) is 17.3 Å². The number of amides is 2. The molecule has 2 N–H and O–H groups in total. The van der Waals surface area contributed by atoms with E-state index in [1.54, 1.807) is 35.7 Å². The fourth-order valence-corrected chi connectivity index (χ4v) is 4.39. The van der Waals surface area contributed by atoms with Crippen molar-refractivity contribution in [1.29, 1.82) is 0 Å². The van der Waals surface area contributed by atoms with Crippen molar-refractivity contribution >= 4 is 41.0 Å². The van der Waals surface area contributed by atoms with E-state index in [0.29, 0.717) is 12.1 Å². The number of hydrogen-bond donors (Lipinski definition) is 2. The van der Waals surface area contributed by atoms with E-state index in [1.807, 2.05) is 30.5 Å². The predicted octanol–water partition coefficient (Wildman–Crippen LogP) is 5.54. The summed E-state index contributed by atoms with van der Waals surface area (Å²) in [5, 5.41) is 5.68. The van der Waals surface area contributed by atoms with Gasteiger partial charge in [-0.2, -0.15) is 11.8 Å². The van der Waals surface area contributed by atoms with Gasteiger partial charge in [-0.1, -0.05) is 23.9 Å². The number of nitrogens with one attached hydrogen (secondary N) is 2. The fraction of sp³-hybridized carbons (Fsp3) is 0.250. The third-order valence-electron chi connectivity index (χ3n) is 4.67. The highest BCUT2D eigenvalue weighted by molar-refractivity contribution is 7.99. The highest BCUT2D eigenvalue weighted by Gasteiger charge is 2.22. The molecule has 0 spiro atoms. The topological polar surface area (TPSA) is 71.3 Å². The van der Waals surface area contributed by atoms with Crippen molar-refractivity contribution in [3.8, 4) is 0 Å². The van der Waals surface area contributed by atoms with E-state index in [1.165, 1.54) is 22.3 Å². The van der Waals surface area contributed by atoms with Crippen molar-refractivity contribution in [2.24, 2.45) is 0 Å². The maximum atomic E-state index is 12.8. The summed E-state index contributed by atoms with van der Waals surface area (Å²) in [6, 6.07) is 16.7. The third-order valence-corrected chi connectivity index (χ3v) is 6.48. The van der Waals surface area contributed by atoms with Crippen molar-refractivity contribution in [1.82, 2.24) is 5.32 Å². The first kappa shape index (κ1) is 23.0. The minimum absolute atomic E-state index is 0.190. The van der Waals surface area contributed by atoms with Crippen LogP contribution in [0.3, 0.4) is 0 Å². The number of benzene rings is 2. The molecule has 2 amide bonds. The Labute approximate surface area is 191 Å². The van der Waals surface area contributed by atoms with Crippen LogP contribution in [-0.2, 0) is 4.79 Å². The summed E-state index contributed by atoms with van der Waals surface area (Å²) in [5.74, 6) is 0.298. The van der Waals surface area contributed by atoms with Crippen molar-refractivity contribution < 1.29 is 14.0 Å². The zero-order valence-corrected chi connectivity index (χ0v) is 19.4. The molecule has 0 radical (unpaired) electrons. The van der Waals surface area contributed by atoms with Crippen molar-refractivity contribution in [3.05, 3.63) is 77.7 Å². The summed E-state index contributed by atoms with van der Waals surface area (Å²) in [5.41, 5.74) is 3.15. The smallest absolute Gasteiger partial charge is 0.287 e. The molecule has 0 aliphatic heterocycles. The Bertz CT molecular complexity index is 1020. The van der Waals surface area contributed by atoms with Gasteiger partial charge >= 0.3 is 0 Å². The Morgan fingerprint density at radius 2 is 1.84 bits per heavy atom. The second kappa shape index (κ2) is 11.1. The van der Waals surface area contributed by atoms with Gasteiger partial charge in [0.15, 0.2) is 5.76 Å². The molecule has 162 valence electrons. The first-order chi connectivity index (χ1) is 15.0. The van der Waals surface area contributed by atoms with Gasteiger partial charge in [0.2, 0.25) is 5.91 Å². The number of aryl methyl sites for hydroxylation is 2. The molecule has 1 atom stereocenters. The number of furan rings is 1. The molecule has 5 nitrogen and oxygen atoms in total. The van der Waals surface area contributed by atoms with E-state index >= 15 is 0 Å². The predicted molar refractivity (Wildman–Crippen MR) is 128 cm³/mol. The van der Waals surface area contributed by atoms with E-state index in [-0.39, 0.29) is 11.7 Å². The number of thioether (sulfide) groups is 1. The van der Waals surface area contributed by atoms with Gasteiger partial charge < -0.3 is 15.1 Å². The molecule has 1 heterocycles. The van der Waals surface area contributed by atoms with Crippen LogP contribution in [0.1, 0.15) is 28.1 Å². The minimum atomic E-state index is -0.644. The van der Waals surface area contributed by atoms with Gasteiger partial charge in [0.05, 0.1) is 6.26 Å². The first-order valence-electron chi connectivity index (χ1n) is 9.95. The van der Waals surface area contributed by atoms with Gasteiger partial charge in [-0.15, -0.1) is 0 Å². The molecule has 0 aliphatic rings. The Kier molecular flexibility index (Phi) is 8.26. The summed E-state index contributed by atoms with van der Waals surface area (Å²) in [7, 11) is 0. The molecule has 3 aromatic rings. The standard InChI is InChI=1S/C24H26N2O3S2/c1-16-6-7-17(2)22(15-16)31-19-10-8-18(9-11-19)25-23(27)20(12-14-30-3)26-24(28)21-5-4-13-29-21/h4-11,13,15,20H,12,14H2,1-3H3,(H,25,27)(H,26,28). The van der Waals surface area contributed by atoms with Crippen LogP contribution in [0.4, 0.5) is 5.69 Å². The number of anilines is 1. The summed E-state index contributed by atoms with van der Waals surface area (Å²) in [6.07, 6.45) is 3.93.